The molecule has 0 saturated heterocycles. The maximum Gasteiger partial charge on any atom is 0.166 e. The number of halogens is 2. The maximum atomic E-state index is 13.2. The quantitative estimate of drug-likeness (QED) is 0.751. The number of anilines is 1. The molecule has 0 atom stereocenters. The van der Waals surface area contributed by atoms with Crippen LogP contribution in [-0.2, 0) is 0 Å². The second kappa shape index (κ2) is 6.62. The van der Waals surface area contributed by atoms with Crippen molar-refractivity contribution in [3.8, 4) is 0 Å². The van der Waals surface area contributed by atoms with E-state index in [0.717, 1.165) is 13.0 Å². The third-order valence-electron chi connectivity index (χ3n) is 2.13. The number of pyridine rings is 1. The highest BCUT2D eigenvalue weighted by molar-refractivity contribution is 6.30. The molecule has 0 fully saturated rings. The Kier molecular flexibility index (Phi) is 5.40. The predicted octanol–water partition coefficient (Wildman–Crippen LogP) is 3.87. The molecule has 2 nitrogen and oxygen atoms in total. The number of aromatic nitrogens is 1. The Labute approximate surface area is 94.9 Å². The minimum Gasteiger partial charge on any atom is -0.368 e. The second-order valence-electron chi connectivity index (χ2n) is 3.47. The van der Waals surface area contributed by atoms with Gasteiger partial charge in [-0.2, -0.15) is 0 Å². The van der Waals surface area contributed by atoms with Gasteiger partial charge in [-0.25, -0.2) is 9.37 Å². The van der Waals surface area contributed by atoms with Crippen LogP contribution >= 0.6 is 11.6 Å². The summed E-state index contributed by atoms with van der Waals surface area (Å²) < 4.78 is 13.2. The van der Waals surface area contributed by atoms with Gasteiger partial charge in [0.15, 0.2) is 11.6 Å². The molecule has 0 aromatic carbocycles. The number of nitrogens with one attached hydrogen (secondary N) is 1. The van der Waals surface area contributed by atoms with Gasteiger partial charge in [0, 0.05) is 12.7 Å². The second-order valence-corrected chi connectivity index (χ2v) is 3.91. The van der Waals surface area contributed by atoms with E-state index in [2.05, 4.69) is 17.2 Å². The number of unbranched alkanes of at least 4 members (excludes halogenated alkanes) is 3. The molecule has 0 bridgehead atoms. The molecular formula is C11H16ClFN2. The maximum absolute atomic E-state index is 13.2. The third-order valence-corrected chi connectivity index (χ3v) is 2.34. The van der Waals surface area contributed by atoms with E-state index in [1.54, 1.807) is 0 Å². The summed E-state index contributed by atoms with van der Waals surface area (Å²) in [6.07, 6.45) is 6.07. The highest BCUT2D eigenvalue weighted by atomic mass is 35.5. The number of hydrogen-bond donors (Lipinski definition) is 1. The van der Waals surface area contributed by atoms with E-state index < -0.39 is 5.82 Å². The fourth-order valence-electron chi connectivity index (χ4n) is 1.30. The Balaban J connectivity index is 2.31. The molecule has 4 heteroatoms. The van der Waals surface area contributed by atoms with Crippen molar-refractivity contribution in [2.75, 3.05) is 11.9 Å². The van der Waals surface area contributed by atoms with Gasteiger partial charge in [-0.3, -0.25) is 0 Å². The molecule has 1 heterocycles. The average molecular weight is 231 g/mol. The number of rotatable bonds is 6. The molecule has 1 rings (SSSR count). The monoisotopic (exact) mass is 230 g/mol. The molecule has 0 unspecified atom stereocenters. The summed E-state index contributed by atoms with van der Waals surface area (Å²) in [5.74, 6) is -0.103. The third kappa shape index (κ3) is 4.47. The van der Waals surface area contributed by atoms with Crippen LogP contribution in [0.15, 0.2) is 12.3 Å². The normalized spacial score (nSPS) is 10.3. The van der Waals surface area contributed by atoms with Gasteiger partial charge < -0.3 is 5.32 Å². The molecule has 0 radical (unpaired) electrons. The summed E-state index contributed by atoms with van der Waals surface area (Å²) in [7, 11) is 0. The molecule has 0 saturated carbocycles. The van der Waals surface area contributed by atoms with Crippen LogP contribution in [-0.4, -0.2) is 11.5 Å². The highest BCUT2D eigenvalue weighted by Gasteiger charge is 2.02. The van der Waals surface area contributed by atoms with Crippen LogP contribution in [0.2, 0.25) is 5.02 Å². The zero-order valence-corrected chi connectivity index (χ0v) is 9.65. The molecule has 0 amide bonds. The van der Waals surface area contributed by atoms with Gasteiger partial charge in [-0.15, -0.1) is 0 Å². The smallest absolute Gasteiger partial charge is 0.166 e. The Hall–Kier alpha value is -0.830. The molecular weight excluding hydrogens is 215 g/mol. The van der Waals surface area contributed by atoms with Crippen molar-refractivity contribution in [2.45, 2.75) is 32.6 Å². The largest absolute Gasteiger partial charge is 0.368 e. The van der Waals surface area contributed by atoms with Crippen LogP contribution in [0.1, 0.15) is 32.6 Å². The topological polar surface area (TPSA) is 24.9 Å². The summed E-state index contributed by atoms with van der Waals surface area (Å²) >= 11 is 5.59. The van der Waals surface area contributed by atoms with E-state index in [0.29, 0.717) is 5.02 Å². The van der Waals surface area contributed by atoms with Crippen LogP contribution in [0, 0.1) is 5.82 Å². The van der Waals surface area contributed by atoms with Crippen molar-refractivity contribution in [3.63, 3.8) is 0 Å². The van der Waals surface area contributed by atoms with Gasteiger partial charge in [-0.05, 0) is 12.5 Å². The van der Waals surface area contributed by atoms with Crippen LogP contribution < -0.4 is 5.32 Å². The highest BCUT2D eigenvalue weighted by Crippen LogP contribution is 2.15. The van der Waals surface area contributed by atoms with Crippen molar-refractivity contribution in [2.24, 2.45) is 0 Å². The van der Waals surface area contributed by atoms with Gasteiger partial charge in [0.2, 0.25) is 0 Å². The van der Waals surface area contributed by atoms with Crippen molar-refractivity contribution >= 4 is 17.4 Å². The van der Waals surface area contributed by atoms with Crippen LogP contribution in [0.3, 0.4) is 0 Å². The van der Waals surface area contributed by atoms with Gasteiger partial charge in [0.05, 0.1) is 5.02 Å². The Morgan fingerprint density at radius 2 is 2.20 bits per heavy atom. The van der Waals surface area contributed by atoms with Gasteiger partial charge in [0.1, 0.15) is 0 Å². The lowest BCUT2D eigenvalue weighted by molar-refractivity contribution is 0.621. The first kappa shape index (κ1) is 12.2. The molecule has 15 heavy (non-hydrogen) atoms. The molecule has 1 aromatic heterocycles. The first-order valence-corrected chi connectivity index (χ1v) is 5.66. The first-order valence-electron chi connectivity index (χ1n) is 5.29. The molecule has 0 aliphatic rings. The van der Waals surface area contributed by atoms with E-state index in [4.69, 9.17) is 11.6 Å². The predicted molar refractivity (Wildman–Crippen MR) is 61.8 cm³/mol. The number of hydrogen-bond acceptors (Lipinski definition) is 2. The van der Waals surface area contributed by atoms with E-state index >= 15 is 0 Å². The lowest BCUT2D eigenvalue weighted by atomic mass is 10.2. The zero-order chi connectivity index (χ0) is 11.1. The number of nitrogens with zero attached hydrogens (tertiary/aromatic N) is 1. The molecule has 1 N–H and O–H groups in total. The van der Waals surface area contributed by atoms with E-state index in [-0.39, 0.29) is 5.82 Å². The Bertz CT molecular complexity index is 305. The summed E-state index contributed by atoms with van der Waals surface area (Å²) in [6.45, 7) is 2.92. The van der Waals surface area contributed by atoms with Gasteiger partial charge >= 0.3 is 0 Å². The van der Waals surface area contributed by atoms with Crippen molar-refractivity contribution in [1.29, 1.82) is 0 Å². The first-order chi connectivity index (χ1) is 7.24. The van der Waals surface area contributed by atoms with Gasteiger partial charge in [0.25, 0.3) is 0 Å². The standard InChI is InChI=1S/C11H16ClFN2/c1-2-3-4-5-6-14-11-10(13)7-9(12)8-15-11/h7-8H,2-6H2,1H3,(H,14,15). The van der Waals surface area contributed by atoms with Crippen molar-refractivity contribution in [3.05, 3.63) is 23.1 Å². The van der Waals surface area contributed by atoms with E-state index in [1.165, 1.54) is 31.5 Å². The van der Waals surface area contributed by atoms with Crippen LogP contribution in [0.5, 0.6) is 0 Å². The summed E-state index contributed by atoms with van der Waals surface area (Å²) in [4.78, 5) is 3.88. The summed E-state index contributed by atoms with van der Waals surface area (Å²) in [5, 5.41) is 3.28. The van der Waals surface area contributed by atoms with E-state index in [9.17, 15) is 4.39 Å². The Morgan fingerprint density at radius 1 is 1.40 bits per heavy atom. The van der Waals surface area contributed by atoms with Crippen molar-refractivity contribution in [1.82, 2.24) is 4.98 Å². The molecule has 1 aromatic rings. The van der Waals surface area contributed by atoms with E-state index in [1.807, 2.05) is 0 Å². The van der Waals surface area contributed by atoms with Crippen LogP contribution in [0.4, 0.5) is 10.2 Å². The fraction of sp³-hybridized carbons (Fsp3) is 0.545. The minimum atomic E-state index is -0.391. The molecule has 0 aliphatic heterocycles. The molecule has 0 aliphatic carbocycles. The van der Waals surface area contributed by atoms with Gasteiger partial charge in [-0.1, -0.05) is 37.8 Å². The summed E-state index contributed by atoms with van der Waals surface area (Å²) in [5.41, 5.74) is 0. The zero-order valence-electron chi connectivity index (χ0n) is 8.89. The lowest BCUT2D eigenvalue weighted by Gasteiger charge is -2.06. The molecule has 0 spiro atoms. The summed E-state index contributed by atoms with van der Waals surface area (Å²) in [6, 6.07) is 1.27. The molecule has 84 valence electrons. The SMILES string of the molecule is CCCCCCNc1ncc(Cl)cc1F. The average Bonchev–Trinajstić information content (AvgIpc) is 2.20. The van der Waals surface area contributed by atoms with Crippen LogP contribution in [0.25, 0.3) is 0 Å². The fourth-order valence-corrected chi connectivity index (χ4v) is 1.45. The Morgan fingerprint density at radius 3 is 2.87 bits per heavy atom. The minimum absolute atomic E-state index is 0.288. The lowest BCUT2D eigenvalue weighted by Crippen LogP contribution is -2.05. The van der Waals surface area contributed by atoms with Crippen molar-refractivity contribution < 1.29 is 4.39 Å².